The van der Waals surface area contributed by atoms with Gasteiger partial charge in [-0.3, -0.25) is 0 Å². The summed E-state index contributed by atoms with van der Waals surface area (Å²) in [6, 6.07) is 0. The highest BCUT2D eigenvalue weighted by Crippen LogP contribution is 2.20. The second-order valence-electron chi connectivity index (χ2n) is 3.25. The molecule has 12 heavy (non-hydrogen) atoms. The van der Waals surface area contributed by atoms with Gasteiger partial charge in [0.25, 0.3) is 0 Å². The summed E-state index contributed by atoms with van der Waals surface area (Å²) in [5, 5.41) is 17.2. The van der Waals surface area contributed by atoms with Crippen LogP contribution in [0.1, 0.15) is 19.3 Å². The van der Waals surface area contributed by atoms with Gasteiger partial charge < -0.3 is 15.1 Å². The maximum atomic E-state index is 10.5. The molecule has 0 bridgehead atoms. The molecule has 4 nitrogen and oxygen atoms in total. The molecule has 1 atom stereocenters. The third kappa shape index (κ3) is 2.37. The molecule has 70 valence electrons. The fraction of sp³-hybridized carbons (Fsp3) is 0.875. The number of aliphatic hydroxyl groups excluding tert-OH is 1. The zero-order valence-electron chi connectivity index (χ0n) is 7.07. The van der Waals surface area contributed by atoms with Crippen molar-refractivity contribution in [2.24, 2.45) is 5.92 Å². The molecule has 1 amide bonds. The number of carbonyl (C=O) groups is 1. The lowest BCUT2D eigenvalue weighted by Gasteiger charge is -2.11. The van der Waals surface area contributed by atoms with Crippen LogP contribution in [0, 0.1) is 5.92 Å². The largest absolute Gasteiger partial charge is 0.465 e. The van der Waals surface area contributed by atoms with Gasteiger partial charge in [0.2, 0.25) is 0 Å². The number of likely N-dealkylation sites (tertiary alicyclic amines) is 1. The van der Waals surface area contributed by atoms with E-state index in [4.69, 9.17) is 10.2 Å². The average molecular weight is 173 g/mol. The van der Waals surface area contributed by atoms with E-state index in [0.717, 1.165) is 19.3 Å². The van der Waals surface area contributed by atoms with Crippen LogP contribution in [0.2, 0.25) is 0 Å². The minimum Gasteiger partial charge on any atom is -0.465 e. The highest BCUT2D eigenvalue weighted by atomic mass is 16.4. The molecule has 0 saturated carbocycles. The third-order valence-electron chi connectivity index (χ3n) is 2.33. The fourth-order valence-electron chi connectivity index (χ4n) is 1.62. The van der Waals surface area contributed by atoms with E-state index in [1.807, 2.05) is 0 Å². The maximum Gasteiger partial charge on any atom is 0.407 e. The Morgan fingerprint density at radius 3 is 2.83 bits per heavy atom. The molecular formula is C8H15NO3. The molecule has 0 aromatic rings. The first-order valence-corrected chi connectivity index (χ1v) is 4.32. The predicted octanol–water partition coefficient (Wildman–Crippen LogP) is 0.759. The van der Waals surface area contributed by atoms with E-state index in [-0.39, 0.29) is 6.61 Å². The van der Waals surface area contributed by atoms with E-state index < -0.39 is 6.09 Å². The number of rotatable bonds is 3. The van der Waals surface area contributed by atoms with Crippen molar-refractivity contribution >= 4 is 6.09 Å². The maximum absolute atomic E-state index is 10.5. The fourth-order valence-corrected chi connectivity index (χ4v) is 1.62. The number of carboxylic acid groups (broad SMARTS) is 1. The molecule has 0 aromatic carbocycles. The van der Waals surface area contributed by atoms with Crippen molar-refractivity contribution < 1.29 is 15.0 Å². The first kappa shape index (κ1) is 9.32. The second-order valence-corrected chi connectivity index (χ2v) is 3.25. The van der Waals surface area contributed by atoms with Crippen LogP contribution < -0.4 is 0 Å². The molecule has 0 aliphatic carbocycles. The SMILES string of the molecule is O=C(O)N1CC[C@H](CCCO)C1. The molecule has 1 fully saturated rings. The molecular weight excluding hydrogens is 158 g/mol. The number of nitrogens with zero attached hydrogens (tertiary/aromatic N) is 1. The van der Waals surface area contributed by atoms with Crippen LogP contribution in [-0.4, -0.2) is 40.9 Å². The molecule has 2 N–H and O–H groups in total. The zero-order chi connectivity index (χ0) is 8.97. The van der Waals surface area contributed by atoms with Crippen LogP contribution in [0.5, 0.6) is 0 Å². The molecule has 1 heterocycles. The second kappa shape index (κ2) is 4.30. The van der Waals surface area contributed by atoms with Crippen molar-refractivity contribution in [2.75, 3.05) is 19.7 Å². The Morgan fingerprint density at radius 2 is 2.33 bits per heavy atom. The van der Waals surface area contributed by atoms with Crippen molar-refractivity contribution in [3.63, 3.8) is 0 Å². The summed E-state index contributed by atoms with van der Waals surface area (Å²) >= 11 is 0. The topological polar surface area (TPSA) is 60.8 Å². The van der Waals surface area contributed by atoms with E-state index in [9.17, 15) is 4.79 Å². The van der Waals surface area contributed by atoms with Crippen molar-refractivity contribution in [1.82, 2.24) is 4.90 Å². The molecule has 1 saturated heterocycles. The van der Waals surface area contributed by atoms with Crippen molar-refractivity contribution in [1.29, 1.82) is 0 Å². The summed E-state index contributed by atoms with van der Waals surface area (Å²) in [4.78, 5) is 11.9. The van der Waals surface area contributed by atoms with Crippen LogP contribution in [-0.2, 0) is 0 Å². The summed E-state index contributed by atoms with van der Waals surface area (Å²) in [7, 11) is 0. The Hall–Kier alpha value is -0.770. The first-order chi connectivity index (χ1) is 5.74. The van der Waals surface area contributed by atoms with Gasteiger partial charge in [0, 0.05) is 19.7 Å². The van der Waals surface area contributed by atoms with E-state index in [1.165, 1.54) is 4.90 Å². The van der Waals surface area contributed by atoms with Crippen LogP contribution in [0.3, 0.4) is 0 Å². The first-order valence-electron chi connectivity index (χ1n) is 4.32. The molecule has 0 radical (unpaired) electrons. The van der Waals surface area contributed by atoms with Crippen molar-refractivity contribution in [3.05, 3.63) is 0 Å². The normalized spacial score (nSPS) is 23.1. The number of hydrogen-bond donors (Lipinski definition) is 2. The Labute approximate surface area is 71.8 Å². The summed E-state index contributed by atoms with van der Waals surface area (Å²) in [5.41, 5.74) is 0. The van der Waals surface area contributed by atoms with Crippen LogP contribution in [0.15, 0.2) is 0 Å². The minimum absolute atomic E-state index is 0.212. The van der Waals surface area contributed by atoms with Gasteiger partial charge in [-0.2, -0.15) is 0 Å². The molecule has 4 heteroatoms. The number of amides is 1. The van der Waals surface area contributed by atoms with Gasteiger partial charge in [-0.05, 0) is 25.2 Å². The number of hydrogen-bond acceptors (Lipinski definition) is 2. The van der Waals surface area contributed by atoms with Crippen molar-refractivity contribution in [3.8, 4) is 0 Å². The lowest BCUT2D eigenvalue weighted by molar-refractivity contribution is 0.153. The summed E-state index contributed by atoms with van der Waals surface area (Å²) in [5.74, 6) is 0.466. The Morgan fingerprint density at radius 1 is 1.58 bits per heavy atom. The molecule has 0 aromatic heterocycles. The highest BCUT2D eigenvalue weighted by Gasteiger charge is 2.24. The Bertz CT molecular complexity index is 160. The van der Waals surface area contributed by atoms with Gasteiger partial charge in [-0.1, -0.05) is 0 Å². The zero-order valence-corrected chi connectivity index (χ0v) is 7.07. The van der Waals surface area contributed by atoms with E-state index in [0.29, 0.717) is 19.0 Å². The van der Waals surface area contributed by atoms with Crippen LogP contribution >= 0.6 is 0 Å². The van der Waals surface area contributed by atoms with Gasteiger partial charge in [-0.15, -0.1) is 0 Å². The smallest absolute Gasteiger partial charge is 0.407 e. The lowest BCUT2D eigenvalue weighted by Crippen LogP contribution is -2.26. The van der Waals surface area contributed by atoms with Gasteiger partial charge in [-0.25, -0.2) is 4.79 Å². The third-order valence-corrected chi connectivity index (χ3v) is 2.33. The van der Waals surface area contributed by atoms with E-state index in [1.54, 1.807) is 0 Å². The number of aliphatic hydroxyl groups is 1. The Kier molecular flexibility index (Phi) is 3.34. The highest BCUT2D eigenvalue weighted by molar-refractivity contribution is 5.65. The van der Waals surface area contributed by atoms with Crippen molar-refractivity contribution in [2.45, 2.75) is 19.3 Å². The standard InChI is InChI=1S/C8H15NO3/c10-5-1-2-7-3-4-9(6-7)8(11)12/h7,10H,1-6H2,(H,11,12)/t7-/m0/s1. The van der Waals surface area contributed by atoms with Crippen LogP contribution in [0.4, 0.5) is 4.79 Å². The van der Waals surface area contributed by atoms with Gasteiger partial charge >= 0.3 is 6.09 Å². The lowest BCUT2D eigenvalue weighted by atomic mass is 10.0. The molecule has 0 unspecified atom stereocenters. The monoisotopic (exact) mass is 173 g/mol. The molecule has 1 aliphatic rings. The minimum atomic E-state index is -0.818. The quantitative estimate of drug-likeness (QED) is 0.662. The van der Waals surface area contributed by atoms with Crippen LogP contribution in [0.25, 0.3) is 0 Å². The molecule has 1 aliphatic heterocycles. The Balaban J connectivity index is 2.21. The average Bonchev–Trinajstić information content (AvgIpc) is 2.48. The van der Waals surface area contributed by atoms with Gasteiger partial charge in [0.15, 0.2) is 0 Å². The van der Waals surface area contributed by atoms with Gasteiger partial charge in [0.05, 0.1) is 0 Å². The predicted molar refractivity (Wildman–Crippen MR) is 44.0 cm³/mol. The molecule has 0 spiro atoms. The van der Waals surface area contributed by atoms with E-state index >= 15 is 0 Å². The molecule has 1 rings (SSSR count). The summed E-state index contributed by atoms with van der Waals surface area (Å²) < 4.78 is 0. The van der Waals surface area contributed by atoms with Gasteiger partial charge in [0.1, 0.15) is 0 Å². The summed E-state index contributed by atoms with van der Waals surface area (Å²) in [6.45, 7) is 1.52. The summed E-state index contributed by atoms with van der Waals surface area (Å²) in [6.07, 6.45) is 1.87. The van der Waals surface area contributed by atoms with E-state index in [2.05, 4.69) is 0 Å².